The largest absolute Gasteiger partial charge is 0.450 e. The number of fused-ring (bicyclic) bond motifs is 2. The van der Waals surface area contributed by atoms with Gasteiger partial charge in [0.05, 0.1) is 17.0 Å². The van der Waals surface area contributed by atoms with Crippen LogP contribution in [0, 0.1) is 6.92 Å². The Balaban J connectivity index is 1.88. The summed E-state index contributed by atoms with van der Waals surface area (Å²) in [6.45, 7) is 8.38. The van der Waals surface area contributed by atoms with Crippen LogP contribution in [-0.2, 0) is 5.41 Å². The van der Waals surface area contributed by atoms with Crippen LogP contribution in [-0.4, -0.2) is 5.91 Å². The van der Waals surface area contributed by atoms with Crippen LogP contribution >= 0.6 is 0 Å². The van der Waals surface area contributed by atoms with Crippen molar-refractivity contribution in [3.8, 4) is 0 Å². The second-order valence-corrected chi connectivity index (χ2v) is 7.95. The maximum atomic E-state index is 13.1. The quantitative estimate of drug-likeness (QED) is 0.716. The van der Waals surface area contributed by atoms with Crippen LogP contribution in [0.1, 0.15) is 59.6 Å². The second kappa shape index (κ2) is 5.56. The summed E-state index contributed by atoms with van der Waals surface area (Å²) in [6, 6.07) is 13.0. The van der Waals surface area contributed by atoms with Crippen molar-refractivity contribution in [2.45, 2.75) is 39.2 Å². The Bertz CT molecular complexity index is 1090. The topological polar surface area (TPSA) is 59.3 Å². The van der Waals surface area contributed by atoms with E-state index in [4.69, 9.17) is 4.42 Å². The van der Waals surface area contributed by atoms with Gasteiger partial charge in [-0.2, -0.15) is 0 Å². The first-order valence-electron chi connectivity index (χ1n) is 8.74. The molecule has 132 valence electrons. The average Bonchev–Trinajstić information content (AvgIpc) is 2.92. The minimum atomic E-state index is -0.479. The van der Waals surface area contributed by atoms with Crippen LogP contribution in [0.2, 0.25) is 0 Å². The van der Waals surface area contributed by atoms with Gasteiger partial charge in [-0.3, -0.25) is 9.59 Å². The molecule has 26 heavy (non-hydrogen) atoms. The molecule has 0 radical (unpaired) electrons. The lowest BCUT2D eigenvalue weighted by atomic mass is 9.86. The Morgan fingerprint density at radius 1 is 1.00 bits per heavy atom. The molecule has 0 saturated carbocycles. The number of nitrogens with one attached hydrogen (secondary N) is 1. The fourth-order valence-corrected chi connectivity index (χ4v) is 3.45. The van der Waals surface area contributed by atoms with Crippen molar-refractivity contribution in [3.05, 3.63) is 80.7 Å². The number of rotatable bonds is 1. The highest BCUT2D eigenvalue weighted by molar-refractivity contribution is 5.99. The van der Waals surface area contributed by atoms with E-state index in [1.54, 1.807) is 6.07 Å². The van der Waals surface area contributed by atoms with E-state index < -0.39 is 6.04 Å². The zero-order valence-corrected chi connectivity index (χ0v) is 15.3. The number of carbonyl (C=O) groups is 1. The lowest BCUT2D eigenvalue weighted by Crippen LogP contribution is -2.22. The number of benzene rings is 2. The van der Waals surface area contributed by atoms with Crippen molar-refractivity contribution in [1.82, 2.24) is 5.32 Å². The predicted molar refractivity (Wildman–Crippen MR) is 102 cm³/mol. The molecular formula is C22H21NO3. The van der Waals surface area contributed by atoms with Gasteiger partial charge in [0.25, 0.3) is 5.91 Å². The molecule has 1 atom stereocenters. The first-order valence-corrected chi connectivity index (χ1v) is 8.74. The van der Waals surface area contributed by atoms with Gasteiger partial charge in [0, 0.05) is 0 Å². The molecule has 0 spiro atoms. The first kappa shape index (κ1) is 16.6. The van der Waals surface area contributed by atoms with E-state index >= 15 is 0 Å². The van der Waals surface area contributed by atoms with Crippen molar-refractivity contribution < 1.29 is 9.21 Å². The lowest BCUT2D eigenvalue weighted by molar-refractivity contribution is 0.0938. The van der Waals surface area contributed by atoms with Crippen LogP contribution in [0.15, 0.2) is 51.7 Å². The summed E-state index contributed by atoms with van der Waals surface area (Å²) < 4.78 is 5.77. The van der Waals surface area contributed by atoms with Gasteiger partial charge in [0.2, 0.25) is 5.76 Å². The Labute approximate surface area is 151 Å². The molecule has 4 nitrogen and oxygen atoms in total. The normalized spacial score (nSPS) is 16.6. The summed E-state index contributed by atoms with van der Waals surface area (Å²) in [6.07, 6.45) is 0. The SMILES string of the molecule is Cc1ccc2oc3c(c(=O)c2c1)C(c1ccc(C(C)(C)C)cc1)NC3=O. The van der Waals surface area contributed by atoms with Gasteiger partial charge in [-0.05, 0) is 35.6 Å². The molecule has 1 aromatic heterocycles. The third-order valence-corrected chi connectivity index (χ3v) is 4.96. The molecule has 0 saturated heterocycles. The first-order chi connectivity index (χ1) is 12.3. The number of aryl methyl sites for hydroxylation is 1. The fourth-order valence-electron chi connectivity index (χ4n) is 3.45. The third-order valence-electron chi connectivity index (χ3n) is 4.96. The van der Waals surface area contributed by atoms with E-state index in [1.807, 2.05) is 43.3 Å². The molecule has 1 aliphatic heterocycles. The molecule has 2 heterocycles. The lowest BCUT2D eigenvalue weighted by Gasteiger charge is -2.20. The average molecular weight is 347 g/mol. The number of hydrogen-bond acceptors (Lipinski definition) is 3. The van der Waals surface area contributed by atoms with E-state index in [0.717, 1.165) is 11.1 Å². The van der Waals surface area contributed by atoms with Crippen molar-refractivity contribution in [3.63, 3.8) is 0 Å². The molecule has 0 bridgehead atoms. The molecular weight excluding hydrogens is 326 g/mol. The van der Waals surface area contributed by atoms with Crippen LogP contribution in [0.4, 0.5) is 0 Å². The van der Waals surface area contributed by atoms with Gasteiger partial charge in [-0.1, -0.05) is 56.7 Å². The van der Waals surface area contributed by atoms with E-state index in [-0.39, 0.29) is 22.5 Å². The maximum Gasteiger partial charge on any atom is 0.288 e. The summed E-state index contributed by atoms with van der Waals surface area (Å²) in [5.41, 5.74) is 3.80. The van der Waals surface area contributed by atoms with Gasteiger partial charge in [0.15, 0.2) is 5.43 Å². The van der Waals surface area contributed by atoms with Crippen molar-refractivity contribution in [2.75, 3.05) is 0 Å². The monoisotopic (exact) mass is 347 g/mol. The summed E-state index contributed by atoms with van der Waals surface area (Å²) >= 11 is 0. The van der Waals surface area contributed by atoms with Crippen molar-refractivity contribution >= 4 is 16.9 Å². The Hall–Kier alpha value is -2.88. The summed E-state index contributed by atoms with van der Waals surface area (Å²) in [4.78, 5) is 25.5. The molecule has 0 aliphatic carbocycles. The van der Waals surface area contributed by atoms with Crippen LogP contribution in [0.3, 0.4) is 0 Å². The summed E-state index contributed by atoms with van der Waals surface area (Å²) in [7, 11) is 0. The van der Waals surface area contributed by atoms with E-state index in [1.165, 1.54) is 5.56 Å². The highest BCUT2D eigenvalue weighted by Gasteiger charge is 2.36. The van der Waals surface area contributed by atoms with E-state index in [0.29, 0.717) is 16.5 Å². The smallest absolute Gasteiger partial charge is 0.288 e. The highest BCUT2D eigenvalue weighted by atomic mass is 16.3. The van der Waals surface area contributed by atoms with Crippen molar-refractivity contribution in [1.29, 1.82) is 0 Å². The van der Waals surface area contributed by atoms with E-state index in [2.05, 4.69) is 26.1 Å². The van der Waals surface area contributed by atoms with Crippen LogP contribution in [0.25, 0.3) is 11.0 Å². The zero-order valence-electron chi connectivity index (χ0n) is 15.3. The molecule has 3 aromatic rings. The van der Waals surface area contributed by atoms with E-state index in [9.17, 15) is 9.59 Å². The molecule has 4 rings (SSSR count). The van der Waals surface area contributed by atoms with Gasteiger partial charge >= 0.3 is 0 Å². The number of carbonyl (C=O) groups excluding carboxylic acids is 1. The van der Waals surface area contributed by atoms with Gasteiger partial charge in [-0.15, -0.1) is 0 Å². The number of amides is 1. The molecule has 2 aromatic carbocycles. The Morgan fingerprint density at radius 3 is 2.35 bits per heavy atom. The standard InChI is InChI=1S/C22H21NO3/c1-12-5-10-16-15(11-12)19(24)17-18(23-21(25)20(17)26-16)13-6-8-14(9-7-13)22(2,3)4/h5-11,18H,1-4H3,(H,23,25). The van der Waals surface area contributed by atoms with Gasteiger partial charge < -0.3 is 9.73 Å². The Morgan fingerprint density at radius 2 is 1.69 bits per heavy atom. The van der Waals surface area contributed by atoms with Gasteiger partial charge in [-0.25, -0.2) is 0 Å². The zero-order chi connectivity index (χ0) is 18.6. The molecule has 4 heteroatoms. The number of hydrogen-bond donors (Lipinski definition) is 1. The molecule has 1 unspecified atom stereocenters. The van der Waals surface area contributed by atoms with Crippen LogP contribution < -0.4 is 10.7 Å². The molecule has 1 amide bonds. The summed E-state index contributed by atoms with van der Waals surface area (Å²) in [5.74, 6) is -0.222. The predicted octanol–water partition coefficient (Wildman–Crippen LogP) is 4.23. The van der Waals surface area contributed by atoms with Crippen molar-refractivity contribution in [2.24, 2.45) is 0 Å². The molecule has 1 aliphatic rings. The molecule has 1 N–H and O–H groups in total. The molecule has 0 fully saturated rings. The third kappa shape index (κ3) is 2.53. The highest BCUT2D eigenvalue weighted by Crippen LogP contribution is 2.32. The minimum absolute atomic E-state index is 0.0438. The Kier molecular flexibility index (Phi) is 3.55. The second-order valence-electron chi connectivity index (χ2n) is 7.95. The summed E-state index contributed by atoms with van der Waals surface area (Å²) in [5, 5.41) is 3.40. The maximum absolute atomic E-state index is 13.1. The van der Waals surface area contributed by atoms with Gasteiger partial charge in [0.1, 0.15) is 5.58 Å². The fraction of sp³-hybridized carbons (Fsp3) is 0.273. The minimum Gasteiger partial charge on any atom is -0.450 e. The van der Waals surface area contributed by atoms with Crippen LogP contribution in [0.5, 0.6) is 0 Å².